The van der Waals surface area contributed by atoms with Crippen molar-refractivity contribution in [3.8, 4) is 0 Å². The highest BCUT2D eigenvalue weighted by Gasteiger charge is 2.47. The third-order valence-electron chi connectivity index (χ3n) is 6.13. The fraction of sp³-hybridized carbons (Fsp3) is 0.214. The zero-order valence-corrected chi connectivity index (χ0v) is 20.4. The fourth-order valence-electron chi connectivity index (χ4n) is 4.15. The van der Waals surface area contributed by atoms with Crippen molar-refractivity contribution in [2.45, 2.75) is 25.8 Å². The van der Waals surface area contributed by atoms with Crippen molar-refractivity contribution in [3.63, 3.8) is 0 Å². The third kappa shape index (κ3) is 4.31. The summed E-state index contributed by atoms with van der Waals surface area (Å²) in [5.41, 5.74) is 3.93. The van der Waals surface area contributed by atoms with Crippen LogP contribution < -0.4 is 9.80 Å². The molecule has 0 spiro atoms. The van der Waals surface area contributed by atoms with E-state index in [1.54, 1.807) is 24.3 Å². The van der Waals surface area contributed by atoms with Crippen LogP contribution in [0.2, 0.25) is 5.02 Å². The van der Waals surface area contributed by atoms with Gasteiger partial charge in [0, 0.05) is 36.1 Å². The predicted molar refractivity (Wildman–Crippen MR) is 138 cm³/mol. The highest BCUT2D eigenvalue weighted by atomic mass is 35.5. The van der Waals surface area contributed by atoms with Crippen molar-refractivity contribution in [2.75, 3.05) is 23.9 Å². The van der Waals surface area contributed by atoms with Gasteiger partial charge in [-0.15, -0.1) is 0 Å². The second-order valence-corrected chi connectivity index (χ2v) is 9.34. The largest absolute Gasteiger partial charge is 0.507 e. The molecule has 1 N–H and O–H groups in total. The number of carbonyl (C=O) groups excluding carboxylic acids is 2. The van der Waals surface area contributed by atoms with Crippen LogP contribution in [0.25, 0.3) is 5.76 Å². The maximum atomic E-state index is 13.3. The molecule has 0 aromatic heterocycles. The van der Waals surface area contributed by atoms with Gasteiger partial charge in [-0.25, -0.2) is 0 Å². The smallest absolute Gasteiger partial charge is 0.300 e. The monoisotopic (exact) mass is 474 g/mol. The van der Waals surface area contributed by atoms with Gasteiger partial charge >= 0.3 is 0 Å². The van der Waals surface area contributed by atoms with Crippen LogP contribution in [0.5, 0.6) is 0 Å². The standard InChI is InChI=1S/C28H27ClN2O3/c1-17(2)18-5-7-19(8-6-18)25-24(26(32)20-9-11-21(29)12-10-20)27(33)28(34)31(25)23-15-13-22(14-16-23)30(3)4/h5-17,25,32H,1-4H3/b26-24+. The summed E-state index contributed by atoms with van der Waals surface area (Å²) in [7, 11) is 3.87. The Morgan fingerprint density at radius 3 is 2.03 bits per heavy atom. The number of ketones is 1. The molecule has 0 bridgehead atoms. The number of Topliss-reactive ketones (excluding diaryl/α,β-unsaturated/α-hetero) is 1. The van der Waals surface area contributed by atoms with Crippen molar-refractivity contribution in [1.82, 2.24) is 0 Å². The Morgan fingerprint density at radius 2 is 1.50 bits per heavy atom. The number of benzene rings is 3. The molecule has 174 valence electrons. The Kier molecular flexibility index (Phi) is 6.49. The molecule has 1 saturated heterocycles. The molecule has 0 radical (unpaired) electrons. The summed E-state index contributed by atoms with van der Waals surface area (Å²) in [5.74, 6) is -1.28. The van der Waals surface area contributed by atoms with Crippen LogP contribution in [0.3, 0.4) is 0 Å². The summed E-state index contributed by atoms with van der Waals surface area (Å²) in [4.78, 5) is 30.0. The molecule has 1 unspecified atom stereocenters. The lowest BCUT2D eigenvalue weighted by Crippen LogP contribution is -2.29. The summed E-state index contributed by atoms with van der Waals surface area (Å²) in [6.07, 6.45) is 0. The number of hydrogen-bond acceptors (Lipinski definition) is 4. The van der Waals surface area contributed by atoms with Gasteiger partial charge in [0.25, 0.3) is 11.7 Å². The highest BCUT2D eigenvalue weighted by molar-refractivity contribution is 6.51. The minimum absolute atomic E-state index is 0.0568. The van der Waals surface area contributed by atoms with Gasteiger partial charge in [0.2, 0.25) is 0 Å². The first kappa shape index (κ1) is 23.6. The van der Waals surface area contributed by atoms with Gasteiger partial charge in [-0.2, -0.15) is 0 Å². The minimum atomic E-state index is -0.762. The quantitative estimate of drug-likeness (QED) is 0.273. The topological polar surface area (TPSA) is 60.9 Å². The normalized spacial score (nSPS) is 17.5. The maximum Gasteiger partial charge on any atom is 0.300 e. The van der Waals surface area contributed by atoms with E-state index in [2.05, 4.69) is 13.8 Å². The first-order chi connectivity index (χ1) is 16.2. The predicted octanol–water partition coefficient (Wildman–Crippen LogP) is 6.16. The summed E-state index contributed by atoms with van der Waals surface area (Å²) in [6.45, 7) is 4.21. The molecule has 1 heterocycles. The summed E-state index contributed by atoms with van der Waals surface area (Å²) >= 11 is 6.00. The Morgan fingerprint density at radius 1 is 0.912 bits per heavy atom. The van der Waals surface area contributed by atoms with Crippen LogP contribution in [0.4, 0.5) is 11.4 Å². The van der Waals surface area contributed by atoms with Gasteiger partial charge in [0.15, 0.2) is 0 Å². The molecule has 5 nitrogen and oxygen atoms in total. The van der Waals surface area contributed by atoms with Crippen LogP contribution in [0.15, 0.2) is 78.4 Å². The summed E-state index contributed by atoms with van der Waals surface area (Å²) in [6, 6.07) is 21.0. The molecule has 3 aromatic rings. The third-order valence-corrected chi connectivity index (χ3v) is 6.38. The molecule has 1 fully saturated rings. The second-order valence-electron chi connectivity index (χ2n) is 8.91. The SMILES string of the molecule is CC(C)c1ccc(C2/C(=C(\O)c3ccc(Cl)cc3)C(=O)C(=O)N2c2ccc(N(C)C)cc2)cc1. The van der Waals surface area contributed by atoms with E-state index in [0.29, 0.717) is 22.2 Å². The van der Waals surface area contributed by atoms with E-state index in [0.717, 1.165) is 16.8 Å². The number of aliphatic hydroxyl groups is 1. The van der Waals surface area contributed by atoms with Crippen LogP contribution >= 0.6 is 11.6 Å². The van der Waals surface area contributed by atoms with E-state index in [1.165, 1.54) is 4.90 Å². The molecular weight excluding hydrogens is 448 g/mol. The summed E-state index contributed by atoms with van der Waals surface area (Å²) < 4.78 is 0. The highest BCUT2D eigenvalue weighted by Crippen LogP contribution is 2.42. The Hall–Kier alpha value is -3.57. The molecule has 3 aromatic carbocycles. The molecule has 1 amide bonds. The molecular formula is C28H27ClN2O3. The van der Waals surface area contributed by atoms with Crippen LogP contribution in [0, 0.1) is 0 Å². The van der Waals surface area contributed by atoms with Crippen LogP contribution in [-0.2, 0) is 9.59 Å². The van der Waals surface area contributed by atoms with E-state index in [1.807, 2.05) is 67.5 Å². The van der Waals surface area contributed by atoms with Crippen molar-refractivity contribution in [2.24, 2.45) is 0 Å². The molecule has 1 aliphatic rings. The zero-order chi connectivity index (χ0) is 24.6. The van der Waals surface area contributed by atoms with Gasteiger partial charge in [-0.3, -0.25) is 14.5 Å². The number of rotatable bonds is 5. The lowest BCUT2D eigenvalue weighted by atomic mass is 9.93. The van der Waals surface area contributed by atoms with Crippen LogP contribution in [-0.4, -0.2) is 30.9 Å². The number of aliphatic hydroxyl groups excluding tert-OH is 1. The minimum Gasteiger partial charge on any atom is -0.507 e. The van der Waals surface area contributed by atoms with E-state index in [-0.39, 0.29) is 11.3 Å². The molecule has 0 aliphatic carbocycles. The lowest BCUT2D eigenvalue weighted by molar-refractivity contribution is -0.132. The second kappa shape index (κ2) is 9.35. The van der Waals surface area contributed by atoms with Gasteiger partial charge in [-0.05, 0) is 65.6 Å². The molecule has 34 heavy (non-hydrogen) atoms. The van der Waals surface area contributed by atoms with Gasteiger partial charge < -0.3 is 10.0 Å². The number of anilines is 2. The van der Waals surface area contributed by atoms with Gasteiger partial charge in [-0.1, -0.05) is 49.7 Å². The number of nitrogens with zero attached hydrogens (tertiary/aromatic N) is 2. The lowest BCUT2D eigenvalue weighted by Gasteiger charge is -2.26. The number of halogens is 1. The maximum absolute atomic E-state index is 13.3. The molecule has 6 heteroatoms. The first-order valence-corrected chi connectivity index (χ1v) is 11.5. The van der Waals surface area contributed by atoms with Gasteiger partial charge in [0.05, 0.1) is 11.6 Å². The summed E-state index contributed by atoms with van der Waals surface area (Å²) in [5, 5.41) is 11.7. The number of hydrogen-bond donors (Lipinski definition) is 1. The van der Waals surface area contributed by atoms with E-state index in [9.17, 15) is 14.7 Å². The number of carbonyl (C=O) groups is 2. The first-order valence-electron chi connectivity index (χ1n) is 11.1. The Labute approximate surface area is 204 Å². The molecule has 4 rings (SSSR count). The van der Waals surface area contributed by atoms with Gasteiger partial charge in [0.1, 0.15) is 5.76 Å². The fourth-order valence-corrected chi connectivity index (χ4v) is 4.28. The average Bonchev–Trinajstić information content (AvgIpc) is 3.09. The molecule has 1 atom stereocenters. The van der Waals surface area contributed by atoms with Crippen molar-refractivity contribution < 1.29 is 14.7 Å². The molecule has 1 aliphatic heterocycles. The molecule has 0 saturated carbocycles. The van der Waals surface area contributed by atoms with Crippen LogP contribution in [0.1, 0.15) is 42.5 Å². The van der Waals surface area contributed by atoms with E-state index >= 15 is 0 Å². The van der Waals surface area contributed by atoms with Crippen molar-refractivity contribution in [3.05, 3.63) is 100 Å². The Balaban J connectivity index is 1.89. The van der Waals surface area contributed by atoms with E-state index < -0.39 is 17.7 Å². The van der Waals surface area contributed by atoms with Crippen molar-refractivity contribution in [1.29, 1.82) is 0 Å². The zero-order valence-electron chi connectivity index (χ0n) is 19.6. The Bertz CT molecular complexity index is 1240. The van der Waals surface area contributed by atoms with E-state index in [4.69, 9.17) is 11.6 Å². The average molecular weight is 475 g/mol. The van der Waals surface area contributed by atoms with Crippen molar-refractivity contribution >= 4 is 40.4 Å². The number of amides is 1.